The molecule has 2 N–H and O–H groups in total. The van der Waals surface area contributed by atoms with Crippen molar-refractivity contribution in [2.45, 2.75) is 45.4 Å². The minimum Gasteiger partial charge on any atom is -0.394 e. The number of aromatic nitrogens is 2. The molecule has 0 saturated heterocycles. The number of fused-ring (bicyclic) bond motifs is 1. The molecule has 5 nitrogen and oxygen atoms in total. The minimum atomic E-state index is -0.321. The molecule has 2 heterocycles. The first-order valence-corrected chi connectivity index (χ1v) is 5.99. The smallest absolute Gasteiger partial charge is 0.0983 e. The molecule has 0 saturated carbocycles. The van der Waals surface area contributed by atoms with Crippen molar-refractivity contribution < 1.29 is 10.2 Å². The van der Waals surface area contributed by atoms with Gasteiger partial charge in [0.1, 0.15) is 0 Å². The van der Waals surface area contributed by atoms with Crippen LogP contribution in [0.15, 0.2) is 6.20 Å². The summed E-state index contributed by atoms with van der Waals surface area (Å²) >= 11 is 0. The summed E-state index contributed by atoms with van der Waals surface area (Å²) in [5.74, 6) is 0. The van der Waals surface area contributed by atoms with Crippen LogP contribution in [0, 0.1) is 0 Å². The fourth-order valence-corrected chi connectivity index (χ4v) is 2.17. The van der Waals surface area contributed by atoms with Gasteiger partial charge in [-0.25, -0.2) is 0 Å². The normalized spacial score (nSPS) is 16.8. The van der Waals surface area contributed by atoms with Gasteiger partial charge >= 0.3 is 0 Å². The molecule has 0 aliphatic carbocycles. The molecule has 2 rings (SSSR count). The average Bonchev–Trinajstić information content (AvgIpc) is 2.80. The van der Waals surface area contributed by atoms with Crippen LogP contribution in [0.25, 0.3) is 0 Å². The van der Waals surface area contributed by atoms with Gasteiger partial charge in [-0.2, -0.15) is 5.10 Å². The van der Waals surface area contributed by atoms with Crippen molar-refractivity contribution in [1.29, 1.82) is 0 Å². The predicted molar refractivity (Wildman–Crippen MR) is 64.4 cm³/mol. The van der Waals surface area contributed by atoms with Crippen LogP contribution in [0.5, 0.6) is 0 Å². The van der Waals surface area contributed by atoms with E-state index < -0.39 is 0 Å². The first kappa shape index (κ1) is 12.5. The zero-order valence-corrected chi connectivity index (χ0v) is 10.7. The van der Waals surface area contributed by atoms with Crippen molar-refractivity contribution in [3.63, 3.8) is 0 Å². The number of nitrogens with zero attached hydrogens (tertiary/aromatic N) is 3. The number of aliphatic hydroxyl groups excluding tert-OH is 2. The molecule has 0 spiro atoms. The SMILES string of the molecule is CC(C)(C)N1Cc2cnn(C(CO)CO)c2C1. The van der Waals surface area contributed by atoms with Gasteiger partial charge in [0.25, 0.3) is 0 Å². The Labute approximate surface area is 102 Å². The summed E-state index contributed by atoms with van der Waals surface area (Å²) < 4.78 is 1.76. The molecule has 0 fully saturated rings. The van der Waals surface area contributed by atoms with Crippen LogP contribution in [-0.4, -0.2) is 43.6 Å². The Bertz CT molecular complexity index is 391. The number of hydrogen-bond donors (Lipinski definition) is 2. The molecule has 17 heavy (non-hydrogen) atoms. The molecule has 1 aliphatic heterocycles. The first-order valence-electron chi connectivity index (χ1n) is 5.99. The summed E-state index contributed by atoms with van der Waals surface area (Å²) in [6.07, 6.45) is 1.85. The third-order valence-corrected chi connectivity index (χ3v) is 3.40. The summed E-state index contributed by atoms with van der Waals surface area (Å²) in [5, 5.41) is 22.7. The van der Waals surface area contributed by atoms with Crippen LogP contribution >= 0.6 is 0 Å². The standard InChI is InChI=1S/C12H21N3O2/c1-12(2,3)14-5-9-4-13-15(11(9)6-14)10(7-16)8-17/h4,10,16-17H,5-8H2,1-3H3. The lowest BCUT2D eigenvalue weighted by molar-refractivity contribution is 0.121. The molecule has 0 radical (unpaired) electrons. The topological polar surface area (TPSA) is 61.5 Å². The predicted octanol–water partition coefficient (Wildman–Crippen LogP) is 0.523. The van der Waals surface area contributed by atoms with Crippen LogP contribution < -0.4 is 0 Å². The maximum atomic E-state index is 9.22. The highest BCUT2D eigenvalue weighted by molar-refractivity contribution is 5.23. The number of aliphatic hydroxyl groups is 2. The van der Waals surface area contributed by atoms with Gasteiger partial charge in [-0.15, -0.1) is 0 Å². The highest BCUT2D eigenvalue weighted by atomic mass is 16.3. The second-order valence-corrected chi connectivity index (χ2v) is 5.61. The molecule has 96 valence electrons. The first-order chi connectivity index (χ1) is 7.97. The van der Waals surface area contributed by atoms with Crippen LogP contribution in [0.3, 0.4) is 0 Å². The van der Waals surface area contributed by atoms with E-state index in [0.29, 0.717) is 0 Å². The molecule has 1 aromatic heterocycles. The van der Waals surface area contributed by atoms with Gasteiger partial charge < -0.3 is 10.2 Å². The van der Waals surface area contributed by atoms with E-state index in [1.807, 2.05) is 6.20 Å². The van der Waals surface area contributed by atoms with E-state index in [9.17, 15) is 10.2 Å². The minimum absolute atomic E-state index is 0.0832. The average molecular weight is 239 g/mol. The molecule has 0 bridgehead atoms. The van der Waals surface area contributed by atoms with E-state index in [0.717, 1.165) is 18.8 Å². The lowest BCUT2D eigenvalue weighted by atomic mass is 10.1. The van der Waals surface area contributed by atoms with E-state index in [1.165, 1.54) is 5.56 Å². The number of hydrogen-bond acceptors (Lipinski definition) is 4. The second-order valence-electron chi connectivity index (χ2n) is 5.61. The highest BCUT2D eigenvalue weighted by Crippen LogP contribution is 2.30. The molecule has 5 heteroatoms. The van der Waals surface area contributed by atoms with Crippen LogP contribution in [0.2, 0.25) is 0 Å². The van der Waals surface area contributed by atoms with E-state index >= 15 is 0 Å². The summed E-state index contributed by atoms with van der Waals surface area (Å²) in [4.78, 5) is 2.36. The Morgan fingerprint density at radius 1 is 1.29 bits per heavy atom. The summed E-state index contributed by atoms with van der Waals surface area (Å²) in [6, 6.07) is -0.321. The van der Waals surface area contributed by atoms with Gasteiger partial charge in [-0.1, -0.05) is 0 Å². The Balaban J connectivity index is 2.23. The molecule has 0 atom stereocenters. The summed E-state index contributed by atoms with van der Waals surface area (Å²) in [5.41, 5.74) is 2.44. The molecular formula is C12H21N3O2. The third kappa shape index (κ3) is 2.22. The Kier molecular flexibility index (Phi) is 3.25. The molecular weight excluding hydrogens is 218 g/mol. The van der Waals surface area contributed by atoms with Crippen molar-refractivity contribution in [2.75, 3.05) is 13.2 Å². The van der Waals surface area contributed by atoms with Crippen molar-refractivity contribution in [3.05, 3.63) is 17.5 Å². The van der Waals surface area contributed by atoms with Crippen molar-refractivity contribution in [2.24, 2.45) is 0 Å². The molecule has 0 unspecified atom stereocenters. The quantitative estimate of drug-likeness (QED) is 0.807. The maximum absolute atomic E-state index is 9.22. The zero-order valence-electron chi connectivity index (χ0n) is 10.7. The van der Waals surface area contributed by atoms with Gasteiger partial charge in [-0.05, 0) is 20.8 Å². The summed E-state index contributed by atoms with van der Waals surface area (Å²) in [7, 11) is 0. The van der Waals surface area contributed by atoms with E-state index in [1.54, 1.807) is 4.68 Å². The molecule has 1 aliphatic rings. The lowest BCUT2D eigenvalue weighted by Gasteiger charge is -2.31. The number of rotatable bonds is 3. The van der Waals surface area contributed by atoms with Crippen molar-refractivity contribution in [3.8, 4) is 0 Å². The van der Waals surface area contributed by atoms with E-state index in [-0.39, 0.29) is 24.8 Å². The van der Waals surface area contributed by atoms with Crippen molar-refractivity contribution >= 4 is 0 Å². The fourth-order valence-electron chi connectivity index (χ4n) is 2.17. The van der Waals surface area contributed by atoms with Crippen LogP contribution in [0.1, 0.15) is 38.1 Å². The monoisotopic (exact) mass is 239 g/mol. The van der Waals surface area contributed by atoms with Gasteiger partial charge in [-0.3, -0.25) is 9.58 Å². The van der Waals surface area contributed by atoms with Crippen molar-refractivity contribution in [1.82, 2.24) is 14.7 Å². The van der Waals surface area contributed by atoms with E-state index in [4.69, 9.17) is 0 Å². The Hall–Kier alpha value is -0.910. The lowest BCUT2D eigenvalue weighted by Crippen LogP contribution is -2.37. The van der Waals surface area contributed by atoms with Gasteiger partial charge in [0.2, 0.25) is 0 Å². The molecule has 0 aromatic carbocycles. The van der Waals surface area contributed by atoms with E-state index in [2.05, 4.69) is 30.8 Å². The second kappa shape index (κ2) is 4.40. The zero-order chi connectivity index (χ0) is 12.6. The van der Waals surface area contributed by atoms with Crippen LogP contribution in [0.4, 0.5) is 0 Å². The largest absolute Gasteiger partial charge is 0.394 e. The molecule has 0 amide bonds. The highest BCUT2D eigenvalue weighted by Gasteiger charge is 2.32. The Morgan fingerprint density at radius 2 is 1.94 bits per heavy atom. The molecule has 1 aromatic rings. The van der Waals surface area contributed by atoms with Gasteiger partial charge in [0.05, 0.1) is 31.1 Å². The summed E-state index contributed by atoms with van der Waals surface area (Å²) in [6.45, 7) is 8.11. The Morgan fingerprint density at radius 3 is 2.47 bits per heavy atom. The van der Waals surface area contributed by atoms with Gasteiger partial charge in [0, 0.05) is 24.2 Å². The van der Waals surface area contributed by atoms with Crippen LogP contribution in [-0.2, 0) is 13.1 Å². The fraction of sp³-hybridized carbons (Fsp3) is 0.750. The maximum Gasteiger partial charge on any atom is 0.0983 e. The van der Waals surface area contributed by atoms with Gasteiger partial charge in [0.15, 0.2) is 0 Å². The third-order valence-electron chi connectivity index (χ3n) is 3.40.